The van der Waals surface area contributed by atoms with E-state index in [-0.39, 0.29) is 17.2 Å². The van der Waals surface area contributed by atoms with E-state index in [4.69, 9.17) is 10.5 Å². The summed E-state index contributed by atoms with van der Waals surface area (Å²) in [6, 6.07) is 0. The number of ether oxygens (including phenoxy) is 1. The molecular weight excluding hydrogens is 142 g/mol. The van der Waals surface area contributed by atoms with Crippen molar-refractivity contribution in [2.45, 2.75) is 20.8 Å². The van der Waals surface area contributed by atoms with Gasteiger partial charge in [-0.15, -0.1) is 0 Å². The lowest BCUT2D eigenvalue weighted by molar-refractivity contribution is -0.127. The highest BCUT2D eigenvalue weighted by atomic mass is 16.5. The molecule has 66 valence electrons. The van der Waals surface area contributed by atoms with Gasteiger partial charge in [0.25, 0.3) is 0 Å². The Hall–Kier alpha value is -0.570. The predicted octanol–water partition coefficient (Wildman–Crippen LogP) is 0.780. The second-order valence-corrected chi connectivity index (χ2v) is 3.78. The first-order chi connectivity index (χ1) is 4.89. The van der Waals surface area contributed by atoms with E-state index < -0.39 is 0 Å². The summed E-state index contributed by atoms with van der Waals surface area (Å²) in [5.74, 6) is -0.494. The second-order valence-electron chi connectivity index (χ2n) is 3.78. The molecule has 1 unspecified atom stereocenters. The van der Waals surface area contributed by atoms with Crippen LogP contribution >= 0.6 is 0 Å². The zero-order valence-electron chi connectivity index (χ0n) is 7.68. The summed E-state index contributed by atoms with van der Waals surface area (Å²) in [4.78, 5) is 10.9. The van der Waals surface area contributed by atoms with Crippen molar-refractivity contribution in [2.75, 3.05) is 13.7 Å². The van der Waals surface area contributed by atoms with E-state index in [9.17, 15) is 4.79 Å². The van der Waals surface area contributed by atoms with Crippen LogP contribution in [0.25, 0.3) is 0 Å². The first-order valence-corrected chi connectivity index (χ1v) is 3.68. The van der Waals surface area contributed by atoms with Gasteiger partial charge in [-0.3, -0.25) is 4.79 Å². The Morgan fingerprint density at radius 1 is 1.55 bits per heavy atom. The van der Waals surface area contributed by atoms with Crippen LogP contribution in [0.4, 0.5) is 0 Å². The van der Waals surface area contributed by atoms with Gasteiger partial charge in [-0.25, -0.2) is 0 Å². The number of methoxy groups -OCH3 is 1. The molecule has 0 aromatic heterocycles. The maximum Gasteiger partial charge on any atom is 0.223 e. The Morgan fingerprint density at radius 2 is 2.00 bits per heavy atom. The van der Waals surface area contributed by atoms with Gasteiger partial charge >= 0.3 is 0 Å². The standard InChI is InChI=1S/C8H17NO2/c1-8(2,3)6(5-11-4)7(9)10/h6H,5H2,1-4H3,(H2,9,10). The van der Waals surface area contributed by atoms with E-state index in [0.29, 0.717) is 6.61 Å². The average Bonchev–Trinajstić information content (AvgIpc) is 1.79. The van der Waals surface area contributed by atoms with Crippen molar-refractivity contribution in [2.24, 2.45) is 17.1 Å². The lowest BCUT2D eigenvalue weighted by Gasteiger charge is -2.26. The molecule has 0 radical (unpaired) electrons. The molecule has 0 aliphatic rings. The highest BCUT2D eigenvalue weighted by molar-refractivity contribution is 5.77. The molecule has 0 rings (SSSR count). The lowest BCUT2D eigenvalue weighted by atomic mass is 9.81. The summed E-state index contributed by atoms with van der Waals surface area (Å²) in [5, 5.41) is 0. The summed E-state index contributed by atoms with van der Waals surface area (Å²) in [5.41, 5.74) is 5.08. The van der Waals surface area contributed by atoms with E-state index in [0.717, 1.165) is 0 Å². The number of hydrogen-bond donors (Lipinski definition) is 1. The Morgan fingerprint density at radius 3 is 2.09 bits per heavy atom. The Labute approximate surface area is 67.9 Å². The van der Waals surface area contributed by atoms with Crippen LogP contribution in [0.1, 0.15) is 20.8 Å². The van der Waals surface area contributed by atoms with Crippen molar-refractivity contribution >= 4 is 5.91 Å². The molecule has 3 heteroatoms. The van der Waals surface area contributed by atoms with Gasteiger partial charge in [-0.1, -0.05) is 20.8 Å². The number of amides is 1. The van der Waals surface area contributed by atoms with Gasteiger partial charge in [-0.05, 0) is 5.41 Å². The molecular formula is C8H17NO2. The van der Waals surface area contributed by atoms with E-state index in [1.807, 2.05) is 20.8 Å². The fourth-order valence-corrected chi connectivity index (χ4v) is 0.926. The molecule has 2 N–H and O–H groups in total. The van der Waals surface area contributed by atoms with Gasteiger partial charge < -0.3 is 10.5 Å². The molecule has 0 aromatic rings. The van der Waals surface area contributed by atoms with Crippen LogP contribution in [0.3, 0.4) is 0 Å². The Bertz CT molecular complexity index is 138. The number of nitrogens with two attached hydrogens (primary N) is 1. The van der Waals surface area contributed by atoms with Crippen LogP contribution in [0.2, 0.25) is 0 Å². The highest BCUT2D eigenvalue weighted by Gasteiger charge is 2.29. The smallest absolute Gasteiger partial charge is 0.223 e. The summed E-state index contributed by atoms with van der Waals surface area (Å²) in [7, 11) is 1.57. The van der Waals surface area contributed by atoms with Crippen molar-refractivity contribution in [3.8, 4) is 0 Å². The van der Waals surface area contributed by atoms with E-state index in [2.05, 4.69) is 0 Å². The minimum absolute atomic E-state index is 0.109. The van der Waals surface area contributed by atoms with Crippen LogP contribution in [-0.4, -0.2) is 19.6 Å². The van der Waals surface area contributed by atoms with Crippen LogP contribution < -0.4 is 5.73 Å². The van der Waals surface area contributed by atoms with Gasteiger partial charge in [-0.2, -0.15) is 0 Å². The topological polar surface area (TPSA) is 52.3 Å². The van der Waals surface area contributed by atoms with Crippen LogP contribution in [-0.2, 0) is 9.53 Å². The zero-order valence-corrected chi connectivity index (χ0v) is 7.68. The number of carbonyl (C=O) groups excluding carboxylic acids is 1. The number of hydrogen-bond acceptors (Lipinski definition) is 2. The molecule has 3 nitrogen and oxygen atoms in total. The first-order valence-electron chi connectivity index (χ1n) is 3.68. The van der Waals surface area contributed by atoms with Crippen molar-refractivity contribution in [3.63, 3.8) is 0 Å². The van der Waals surface area contributed by atoms with Gasteiger partial charge in [0.2, 0.25) is 5.91 Å². The second kappa shape index (κ2) is 3.72. The normalized spacial score (nSPS) is 14.5. The minimum Gasteiger partial charge on any atom is -0.384 e. The number of primary amides is 1. The number of carbonyl (C=O) groups is 1. The third-order valence-corrected chi connectivity index (χ3v) is 1.72. The van der Waals surface area contributed by atoms with Gasteiger partial charge in [0.1, 0.15) is 0 Å². The van der Waals surface area contributed by atoms with Crippen LogP contribution in [0.15, 0.2) is 0 Å². The maximum atomic E-state index is 10.9. The molecule has 0 aromatic carbocycles. The van der Waals surface area contributed by atoms with E-state index >= 15 is 0 Å². The SMILES string of the molecule is COCC(C(N)=O)C(C)(C)C. The van der Waals surface area contributed by atoms with Crippen molar-refractivity contribution in [1.82, 2.24) is 0 Å². The number of rotatable bonds is 3. The molecule has 1 atom stereocenters. The summed E-state index contributed by atoms with van der Waals surface area (Å²) in [6.45, 7) is 6.32. The van der Waals surface area contributed by atoms with Crippen molar-refractivity contribution in [3.05, 3.63) is 0 Å². The molecule has 0 saturated carbocycles. The maximum absolute atomic E-state index is 10.9. The summed E-state index contributed by atoms with van der Waals surface area (Å²) >= 11 is 0. The lowest BCUT2D eigenvalue weighted by Crippen LogP contribution is -2.36. The van der Waals surface area contributed by atoms with Crippen molar-refractivity contribution in [1.29, 1.82) is 0 Å². The predicted molar refractivity (Wildman–Crippen MR) is 44.0 cm³/mol. The molecule has 0 saturated heterocycles. The fraction of sp³-hybridized carbons (Fsp3) is 0.875. The van der Waals surface area contributed by atoms with Gasteiger partial charge in [0, 0.05) is 7.11 Å². The quantitative estimate of drug-likeness (QED) is 0.661. The molecule has 0 aliphatic heterocycles. The molecule has 0 fully saturated rings. The van der Waals surface area contributed by atoms with Crippen LogP contribution in [0.5, 0.6) is 0 Å². The van der Waals surface area contributed by atoms with Gasteiger partial charge in [0.05, 0.1) is 12.5 Å². The zero-order chi connectivity index (χ0) is 9.07. The molecule has 0 heterocycles. The average molecular weight is 159 g/mol. The molecule has 11 heavy (non-hydrogen) atoms. The minimum atomic E-state index is -0.292. The monoisotopic (exact) mass is 159 g/mol. The third-order valence-electron chi connectivity index (χ3n) is 1.72. The Balaban J connectivity index is 4.22. The summed E-state index contributed by atoms with van der Waals surface area (Å²) in [6.07, 6.45) is 0. The highest BCUT2D eigenvalue weighted by Crippen LogP contribution is 2.25. The largest absolute Gasteiger partial charge is 0.384 e. The van der Waals surface area contributed by atoms with Crippen molar-refractivity contribution < 1.29 is 9.53 Å². The molecule has 0 spiro atoms. The molecule has 1 amide bonds. The van der Waals surface area contributed by atoms with Gasteiger partial charge in [0.15, 0.2) is 0 Å². The Kier molecular flexibility index (Phi) is 3.52. The van der Waals surface area contributed by atoms with E-state index in [1.165, 1.54) is 0 Å². The third kappa shape index (κ3) is 3.37. The summed E-state index contributed by atoms with van der Waals surface area (Å²) < 4.78 is 4.89. The molecule has 0 bridgehead atoms. The van der Waals surface area contributed by atoms with E-state index in [1.54, 1.807) is 7.11 Å². The first kappa shape index (κ1) is 10.4. The van der Waals surface area contributed by atoms with Crippen LogP contribution in [0, 0.1) is 11.3 Å². The fourth-order valence-electron chi connectivity index (χ4n) is 0.926. The molecule has 0 aliphatic carbocycles.